The Hall–Kier alpha value is -2.08. The van der Waals surface area contributed by atoms with Gasteiger partial charge >= 0.3 is 0 Å². The van der Waals surface area contributed by atoms with E-state index in [2.05, 4.69) is 31.4 Å². The van der Waals surface area contributed by atoms with Crippen molar-refractivity contribution in [2.45, 2.75) is 0 Å². The average molecular weight is 306 g/mol. The Labute approximate surface area is 111 Å². The normalized spacial score (nSPS) is 17.1. The molecular weight excluding hydrogens is 298 g/mol. The molecule has 0 bridgehead atoms. The standard InChI is InChI=1S/C12H8BrN3O2/c13-7-4-8(14-6-7)5-9-11(15-16-12(9)17)10-2-1-3-18-10/h1-6,14H,(H,16,17). The molecule has 0 atom stereocenters. The van der Waals surface area contributed by atoms with Crippen molar-refractivity contribution in [1.29, 1.82) is 0 Å². The van der Waals surface area contributed by atoms with Gasteiger partial charge in [-0.3, -0.25) is 4.79 Å². The van der Waals surface area contributed by atoms with E-state index in [9.17, 15) is 4.79 Å². The number of aromatic nitrogens is 1. The first-order chi connectivity index (χ1) is 8.74. The Balaban J connectivity index is 2.01. The van der Waals surface area contributed by atoms with Crippen molar-refractivity contribution >= 4 is 33.6 Å². The molecule has 0 aliphatic carbocycles. The molecule has 2 N–H and O–H groups in total. The van der Waals surface area contributed by atoms with E-state index in [1.54, 1.807) is 30.7 Å². The molecule has 0 radical (unpaired) electrons. The summed E-state index contributed by atoms with van der Waals surface area (Å²) in [5.41, 5.74) is 4.22. The number of H-pyrrole nitrogens is 1. The van der Waals surface area contributed by atoms with Crippen LogP contribution in [0.1, 0.15) is 11.5 Å². The van der Waals surface area contributed by atoms with Gasteiger partial charge in [0.05, 0.1) is 11.8 Å². The highest BCUT2D eigenvalue weighted by Gasteiger charge is 2.25. The number of halogens is 1. The maximum atomic E-state index is 11.7. The van der Waals surface area contributed by atoms with Gasteiger partial charge in [-0.05, 0) is 40.2 Å². The molecule has 1 amide bonds. The van der Waals surface area contributed by atoms with Gasteiger partial charge in [0.25, 0.3) is 5.91 Å². The Morgan fingerprint density at radius 3 is 3.00 bits per heavy atom. The number of nitrogens with zero attached hydrogens (tertiary/aromatic N) is 1. The molecule has 0 unspecified atom stereocenters. The molecule has 90 valence electrons. The summed E-state index contributed by atoms with van der Waals surface area (Å²) in [6.45, 7) is 0. The van der Waals surface area contributed by atoms with Crippen LogP contribution in [-0.4, -0.2) is 16.6 Å². The molecule has 3 heterocycles. The zero-order valence-electron chi connectivity index (χ0n) is 9.11. The van der Waals surface area contributed by atoms with Gasteiger partial charge in [0.2, 0.25) is 0 Å². The molecule has 0 saturated carbocycles. The SMILES string of the molecule is O=C1NN=C(c2ccco2)C1=Cc1cc(Br)c[nH]1. The molecule has 2 aromatic rings. The zero-order chi connectivity index (χ0) is 12.5. The Morgan fingerprint density at radius 2 is 2.33 bits per heavy atom. The fourth-order valence-electron chi connectivity index (χ4n) is 1.69. The number of rotatable bonds is 2. The van der Waals surface area contributed by atoms with Crippen LogP contribution >= 0.6 is 15.9 Å². The molecule has 0 fully saturated rings. The lowest BCUT2D eigenvalue weighted by molar-refractivity contribution is -0.116. The first-order valence-electron chi connectivity index (χ1n) is 5.22. The number of hydrazone groups is 1. The maximum Gasteiger partial charge on any atom is 0.273 e. The van der Waals surface area contributed by atoms with Crippen LogP contribution in [-0.2, 0) is 4.79 Å². The van der Waals surface area contributed by atoms with Crippen LogP contribution in [0.2, 0.25) is 0 Å². The lowest BCUT2D eigenvalue weighted by atomic mass is 10.1. The van der Waals surface area contributed by atoms with E-state index in [1.807, 2.05) is 6.07 Å². The van der Waals surface area contributed by atoms with Gasteiger partial charge in [-0.1, -0.05) is 0 Å². The van der Waals surface area contributed by atoms with E-state index in [0.717, 1.165) is 10.2 Å². The van der Waals surface area contributed by atoms with Crippen LogP contribution in [0, 0.1) is 0 Å². The minimum atomic E-state index is -0.243. The predicted octanol–water partition coefficient (Wildman–Crippen LogP) is 2.29. The van der Waals surface area contributed by atoms with Crippen molar-refractivity contribution in [3.05, 3.63) is 52.2 Å². The highest BCUT2D eigenvalue weighted by atomic mass is 79.9. The Morgan fingerprint density at radius 1 is 1.44 bits per heavy atom. The summed E-state index contributed by atoms with van der Waals surface area (Å²) in [6.07, 6.45) is 5.07. The number of aromatic amines is 1. The third-order valence-corrected chi connectivity index (χ3v) is 2.95. The molecule has 0 aromatic carbocycles. The predicted molar refractivity (Wildman–Crippen MR) is 69.9 cm³/mol. The number of hydrogen-bond donors (Lipinski definition) is 2. The third kappa shape index (κ3) is 1.91. The fraction of sp³-hybridized carbons (Fsp3) is 0. The summed E-state index contributed by atoms with van der Waals surface area (Å²) in [5, 5.41) is 3.97. The molecule has 0 saturated heterocycles. The second-order valence-electron chi connectivity index (χ2n) is 3.71. The van der Waals surface area contributed by atoms with Gasteiger partial charge in [0, 0.05) is 16.4 Å². The average Bonchev–Trinajstić information content (AvgIpc) is 3.03. The zero-order valence-corrected chi connectivity index (χ0v) is 10.7. The highest BCUT2D eigenvalue weighted by molar-refractivity contribution is 9.10. The molecule has 5 nitrogen and oxygen atoms in total. The molecule has 6 heteroatoms. The van der Waals surface area contributed by atoms with Crippen molar-refractivity contribution in [3.63, 3.8) is 0 Å². The van der Waals surface area contributed by atoms with Crippen LogP contribution in [0.15, 0.2) is 50.2 Å². The van der Waals surface area contributed by atoms with E-state index in [1.165, 1.54) is 0 Å². The quantitative estimate of drug-likeness (QED) is 0.836. The summed E-state index contributed by atoms with van der Waals surface area (Å²) in [7, 11) is 0. The maximum absolute atomic E-state index is 11.7. The highest BCUT2D eigenvalue weighted by Crippen LogP contribution is 2.19. The van der Waals surface area contributed by atoms with Crippen molar-refractivity contribution in [2.24, 2.45) is 5.10 Å². The van der Waals surface area contributed by atoms with Crippen molar-refractivity contribution in [3.8, 4) is 0 Å². The Bertz CT molecular complexity index is 653. The minimum Gasteiger partial charge on any atom is -0.463 e. The van der Waals surface area contributed by atoms with Gasteiger partial charge in [0.15, 0.2) is 5.76 Å². The number of amides is 1. The van der Waals surface area contributed by atoms with Gasteiger partial charge in [0.1, 0.15) is 5.71 Å². The molecule has 1 aliphatic rings. The minimum absolute atomic E-state index is 0.243. The van der Waals surface area contributed by atoms with E-state index in [-0.39, 0.29) is 5.91 Å². The summed E-state index contributed by atoms with van der Waals surface area (Å²) >= 11 is 3.34. The lowest BCUT2D eigenvalue weighted by Crippen LogP contribution is -2.13. The van der Waals surface area contributed by atoms with E-state index >= 15 is 0 Å². The first kappa shape index (κ1) is 11.0. The number of carbonyl (C=O) groups excluding carboxylic acids is 1. The van der Waals surface area contributed by atoms with Gasteiger partial charge in [-0.15, -0.1) is 0 Å². The first-order valence-corrected chi connectivity index (χ1v) is 6.01. The van der Waals surface area contributed by atoms with Crippen molar-refractivity contribution in [1.82, 2.24) is 10.4 Å². The van der Waals surface area contributed by atoms with Gasteiger partial charge in [-0.2, -0.15) is 5.10 Å². The second-order valence-corrected chi connectivity index (χ2v) is 4.63. The molecule has 2 aromatic heterocycles. The van der Waals surface area contributed by atoms with Crippen LogP contribution in [0.3, 0.4) is 0 Å². The third-order valence-electron chi connectivity index (χ3n) is 2.49. The number of carbonyl (C=O) groups is 1. The number of hydrogen-bond acceptors (Lipinski definition) is 3. The summed E-state index contributed by atoms with van der Waals surface area (Å²) in [4.78, 5) is 14.8. The van der Waals surface area contributed by atoms with E-state index < -0.39 is 0 Å². The van der Waals surface area contributed by atoms with E-state index in [4.69, 9.17) is 4.42 Å². The molecule has 18 heavy (non-hydrogen) atoms. The van der Waals surface area contributed by atoms with Crippen molar-refractivity contribution in [2.75, 3.05) is 0 Å². The summed E-state index contributed by atoms with van der Waals surface area (Å²) < 4.78 is 6.18. The van der Waals surface area contributed by atoms with E-state index in [0.29, 0.717) is 17.0 Å². The van der Waals surface area contributed by atoms with Gasteiger partial charge < -0.3 is 9.40 Å². The molecule has 3 rings (SSSR count). The lowest BCUT2D eigenvalue weighted by Gasteiger charge is -1.96. The Kier molecular flexibility index (Phi) is 2.64. The van der Waals surface area contributed by atoms with Crippen LogP contribution in [0.5, 0.6) is 0 Å². The van der Waals surface area contributed by atoms with Crippen LogP contribution in [0.4, 0.5) is 0 Å². The second kappa shape index (κ2) is 4.30. The smallest absolute Gasteiger partial charge is 0.273 e. The van der Waals surface area contributed by atoms with Gasteiger partial charge in [-0.25, -0.2) is 5.43 Å². The number of nitrogens with one attached hydrogen (secondary N) is 2. The largest absolute Gasteiger partial charge is 0.463 e. The molecule has 0 spiro atoms. The fourth-order valence-corrected chi connectivity index (χ4v) is 2.05. The molecule has 1 aliphatic heterocycles. The van der Waals surface area contributed by atoms with Crippen LogP contribution < -0.4 is 5.43 Å². The van der Waals surface area contributed by atoms with Crippen molar-refractivity contribution < 1.29 is 9.21 Å². The number of furan rings is 1. The topological polar surface area (TPSA) is 70.4 Å². The van der Waals surface area contributed by atoms with Crippen LogP contribution in [0.25, 0.3) is 6.08 Å². The molecular formula is C12H8BrN3O2. The monoisotopic (exact) mass is 305 g/mol. The summed E-state index contributed by atoms with van der Waals surface area (Å²) in [5.74, 6) is 0.317. The summed E-state index contributed by atoms with van der Waals surface area (Å²) in [6, 6.07) is 5.39.